The van der Waals surface area contributed by atoms with Gasteiger partial charge in [0.15, 0.2) is 0 Å². The van der Waals surface area contributed by atoms with Gasteiger partial charge in [-0.15, -0.1) is 5.75 Å². The number of methoxy groups -OCH3 is 2. The molecule has 7 nitrogen and oxygen atoms in total. The SMILES string of the molecule is C#[N+]Cc1ccc(C(NC(=O)C(C[S-])NC(C)=O)c2ccc(OC)cc2OC)cc1.[Ta]. The predicted octanol–water partition coefficient (Wildman–Crippen LogP) is 2.42. The Bertz CT molecular complexity index is 931. The topological polar surface area (TPSA) is 81.0 Å². The van der Waals surface area contributed by atoms with E-state index in [-0.39, 0.29) is 39.9 Å². The molecule has 2 amide bonds. The van der Waals surface area contributed by atoms with Gasteiger partial charge in [0.1, 0.15) is 11.5 Å². The summed E-state index contributed by atoms with van der Waals surface area (Å²) in [6, 6.07) is 11.5. The third-order valence-electron chi connectivity index (χ3n) is 4.49. The zero-order valence-electron chi connectivity index (χ0n) is 17.6. The first kappa shape index (κ1) is 26.6. The number of rotatable bonds is 9. The molecule has 1 radical (unpaired) electrons. The molecular weight excluding hydrogens is 583 g/mol. The summed E-state index contributed by atoms with van der Waals surface area (Å²) in [6.45, 7) is 7.00. The molecule has 2 aromatic carbocycles. The van der Waals surface area contributed by atoms with E-state index in [1.807, 2.05) is 30.3 Å². The average molecular weight is 608 g/mol. The molecule has 163 valence electrons. The Kier molecular flexibility index (Phi) is 11.2. The fourth-order valence-electron chi connectivity index (χ4n) is 2.99. The van der Waals surface area contributed by atoms with E-state index in [0.29, 0.717) is 18.0 Å². The third-order valence-corrected chi connectivity index (χ3v) is 4.82. The molecule has 0 heterocycles. The van der Waals surface area contributed by atoms with E-state index in [4.69, 9.17) is 28.7 Å². The molecule has 2 rings (SSSR count). The Labute approximate surface area is 203 Å². The first-order valence-corrected chi connectivity index (χ1v) is 9.84. The third kappa shape index (κ3) is 7.33. The van der Waals surface area contributed by atoms with Crippen LogP contribution in [0.3, 0.4) is 0 Å². The van der Waals surface area contributed by atoms with E-state index in [2.05, 4.69) is 15.5 Å². The molecule has 0 aliphatic heterocycles. The second kappa shape index (κ2) is 13.1. The maximum absolute atomic E-state index is 12.9. The Morgan fingerprint density at radius 3 is 2.29 bits per heavy atom. The molecule has 0 bridgehead atoms. The van der Waals surface area contributed by atoms with Crippen molar-refractivity contribution in [2.45, 2.75) is 25.6 Å². The van der Waals surface area contributed by atoms with Gasteiger partial charge in [0.2, 0.25) is 11.8 Å². The second-order valence-electron chi connectivity index (χ2n) is 6.55. The summed E-state index contributed by atoms with van der Waals surface area (Å²) < 4.78 is 10.8. The molecule has 0 aliphatic carbocycles. The van der Waals surface area contributed by atoms with Crippen LogP contribution in [0, 0.1) is 6.57 Å². The van der Waals surface area contributed by atoms with Gasteiger partial charge in [0.25, 0.3) is 13.1 Å². The molecule has 31 heavy (non-hydrogen) atoms. The zero-order valence-corrected chi connectivity index (χ0v) is 21.7. The van der Waals surface area contributed by atoms with Crippen molar-refractivity contribution in [1.29, 1.82) is 0 Å². The fraction of sp³-hybridized carbons (Fsp3) is 0.318. The van der Waals surface area contributed by atoms with Crippen LogP contribution >= 0.6 is 0 Å². The minimum absolute atomic E-state index is 0. The Hall–Kier alpha value is -2.44. The molecule has 0 spiro atoms. The molecule has 2 N–H and O–H groups in total. The fourth-order valence-corrected chi connectivity index (χ4v) is 3.22. The van der Waals surface area contributed by atoms with Crippen molar-refractivity contribution in [2.24, 2.45) is 0 Å². The number of carbonyl (C=O) groups excluding carboxylic acids is 2. The predicted molar refractivity (Wildman–Crippen MR) is 118 cm³/mol. The van der Waals surface area contributed by atoms with Gasteiger partial charge in [-0.25, -0.2) is 0 Å². The molecule has 0 aromatic heterocycles. The van der Waals surface area contributed by atoms with E-state index < -0.39 is 12.1 Å². The van der Waals surface area contributed by atoms with Crippen LogP contribution in [0.5, 0.6) is 11.5 Å². The number of nitrogens with one attached hydrogen (secondary N) is 2. The van der Waals surface area contributed by atoms with Crippen molar-refractivity contribution in [3.8, 4) is 18.1 Å². The van der Waals surface area contributed by atoms with Gasteiger partial charge in [-0.3, -0.25) is 9.59 Å². The van der Waals surface area contributed by atoms with Crippen LogP contribution in [0.4, 0.5) is 0 Å². The summed E-state index contributed by atoms with van der Waals surface area (Å²) in [7, 11) is 3.11. The van der Waals surface area contributed by atoms with Crippen molar-refractivity contribution in [1.82, 2.24) is 10.6 Å². The number of ether oxygens (including phenoxy) is 2. The summed E-state index contributed by atoms with van der Waals surface area (Å²) in [6.07, 6.45) is 0. The summed E-state index contributed by atoms with van der Waals surface area (Å²) in [5.74, 6) is 0.518. The van der Waals surface area contributed by atoms with Crippen LogP contribution in [-0.4, -0.2) is 37.8 Å². The maximum atomic E-state index is 12.9. The van der Waals surface area contributed by atoms with Crippen molar-refractivity contribution in [3.63, 3.8) is 0 Å². The van der Waals surface area contributed by atoms with Gasteiger partial charge in [-0.1, -0.05) is 29.1 Å². The maximum Gasteiger partial charge on any atom is 0.288 e. The minimum Gasteiger partial charge on any atom is -0.790 e. The summed E-state index contributed by atoms with van der Waals surface area (Å²) in [5, 5.41) is 5.56. The number of carbonyl (C=O) groups is 2. The van der Waals surface area contributed by atoms with E-state index in [1.54, 1.807) is 26.4 Å². The van der Waals surface area contributed by atoms with Crippen LogP contribution < -0.4 is 20.1 Å². The number of hydrogen-bond donors (Lipinski definition) is 2. The quantitative estimate of drug-likeness (QED) is 0.428. The Morgan fingerprint density at radius 2 is 1.77 bits per heavy atom. The van der Waals surface area contributed by atoms with Gasteiger partial charge in [0.05, 0.1) is 26.3 Å². The van der Waals surface area contributed by atoms with Gasteiger partial charge >= 0.3 is 0 Å². The zero-order chi connectivity index (χ0) is 22.1. The van der Waals surface area contributed by atoms with Crippen LogP contribution in [0.15, 0.2) is 42.5 Å². The van der Waals surface area contributed by atoms with Crippen molar-refractivity contribution >= 4 is 24.4 Å². The van der Waals surface area contributed by atoms with E-state index >= 15 is 0 Å². The molecule has 0 fully saturated rings. The molecule has 0 saturated heterocycles. The van der Waals surface area contributed by atoms with Crippen LogP contribution in [0.2, 0.25) is 0 Å². The Morgan fingerprint density at radius 1 is 1.10 bits per heavy atom. The van der Waals surface area contributed by atoms with E-state index in [0.717, 1.165) is 16.7 Å². The molecule has 9 heteroatoms. The smallest absolute Gasteiger partial charge is 0.288 e. The molecule has 0 aliphatic rings. The van der Waals surface area contributed by atoms with Crippen LogP contribution in [0.25, 0.3) is 4.85 Å². The van der Waals surface area contributed by atoms with Gasteiger partial charge in [-0.2, -0.15) is 0 Å². The Balaban J connectivity index is 0.00000480. The van der Waals surface area contributed by atoms with Gasteiger partial charge in [-0.05, 0) is 17.7 Å². The standard InChI is InChI=1S/C22H25N3O4S.Ta/c1-14(26)24-19(13-30)22(27)25-21(16-7-5-15(6-8-16)12-23-2)18-10-9-17(28-3)11-20(18)29-4;/h2,5-11,19,21H,12-13H2,1,3-4H3,(H2-,24,25,26,27,30);. The molecule has 2 atom stereocenters. The minimum atomic E-state index is -0.820. The van der Waals surface area contributed by atoms with Gasteiger partial charge in [0, 0.05) is 46.5 Å². The van der Waals surface area contributed by atoms with Gasteiger partial charge < -0.3 is 32.7 Å². The van der Waals surface area contributed by atoms with Crippen LogP contribution in [-0.2, 0) is 51.1 Å². The van der Waals surface area contributed by atoms with E-state index in [9.17, 15) is 9.59 Å². The summed E-state index contributed by atoms with van der Waals surface area (Å²) in [5.41, 5.74) is 2.49. The molecular formula is C22H25N3O4STa. The summed E-state index contributed by atoms with van der Waals surface area (Å²) in [4.78, 5) is 27.9. The monoisotopic (exact) mass is 608 g/mol. The van der Waals surface area contributed by atoms with Crippen molar-refractivity contribution in [3.05, 3.63) is 64.0 Å². The normalized spacial score (nSPS) is 11.8. The molecule has 0 saturated carbocycles. The largest absolute Gasteiger partial charge is 0.790 e. The number of benzene rings is 2. The average Bonchev–Trinajstić information content (AvgIpc) is 2.76. The second-order valence-corrected chi connectivity index (χ2v) is 6.88. The summed E-state index contributed by atoms with van der Waals surface area (Å²) >= 11 is 5.04. The first-order valence-electron chi connectivity index (χ1n) is 9.26. The van der Waals surface area contributed by atoms with Crippen LogP contribution in [0.1, 0.15) is 29.7 Å². The molecule has 2 unspecified atom stereocenters. The van der Waals surface area contributed by atoms with Crippen molar-refractivity contribution in [2.75, 3.05) is 20.0 Å². The number of amides is 2. The molecule has 2 aromatic rings. The first-order chi connectivity index (χ1) is 14.4. The van der Waals surface area contributed by atoms with E-state index in [1.165, 1.54) is 6.92 Å². The van der Waals surface area contributed by atoms with Crippen molar-refractivity contribution < 1.29 is 41.4 Å². The number of nitrogens with zero attached hydrogens (tertiary/aromatic N) is 1. The number of hydrogen-bond acceptors (Lipinski definition) is 5.